The van der Waals surface area contributed by atoms with Crippen LogP contribution >= 0.6 is 22.9 Å². The predicted molar refractivity (Wildman–Crippen MR) is 103 cm³/mol. The number of para-hydroxylation sites is 2. The van der Waals surface area contributed by atoms with Crippen molar-refractivity contribution >= 4 is 38.9 Å². The van der Waals surface area contributed by atoms with Gasteiger partial charge in [-0.3, -0.25) is 0 Å². The second-order valence-corrected chi connectivity index (χ2v) is 7.44. The second kappa shape index (κ2) is 6.11. The van der Waals surface area contributed by atoms with Crippen LogP contribution in [0.4, 0.5) is 4.39 Å². The summed E-state index contributed by atoms with van der Waals surface area (Å²) in [6.45, 7) is 2.46. The first-order chi connectivity index (χ1) is 13.1. The molecule has 0 amide bonds. The number of aromatic nitrogens is 6. The maximum atomic E-state index is 13.4. The lowest BCUT2D eigenvalue weighted by molar-refractivity contribution is 0.628. The average molecular weight is 399 g/mol. The summed E-state index contributed by atoms with van der Waals surface area (Å²) in [6, 6.07) is 12.5. The zero-order valence-electron chi connectivity index (χ0n) is 14.1. The Labute approximate surface area is 161 Å². The molecular formula is C18H12ClFN6S. The summed E-state index contributed by atoms with van der Waals surface area (Å²) in [5.74, 6) is 1.15. The number of hydrogen-bond acceptors (Lipinski definition) is 5. The summed E-state index contributed by atoms with van der Waals surface area (Å²) in [5, 5.41) is 13.9. The first-order valence-corrected chi connectivity index (χ1v) is 9.38. The number of aryl methyl sites for hydroxylation is 1. The molecule has 0 radical (unpaired) electrons. The Morgan fingerprint density at radius 2 is 2.00 bits per heavy atom. The lowest BCUT2D eigenvalue weighted by atomic mass is 10.2. The van der Waals surface area contributed by atoms with E-state index in [0.29, 0.717) is 22.3 Å². The van der Waals surface area contributed by atoms with Gasteiger partial charge in [-0.15, -0.1) is 10.2 Å². The van der Waals surface area contributed by atoms with Gasteiger partial charge in [0.25, 0.3) is 0 Å². The van der Waals surface area contributed by atoms with Gasteiger partial charge in [0.2, 0.25) is 4.96 Å². The van der Waals surface area contributed by atoms with Gasteiger partial charge in [-0.1, -0.05) is 35.1 Å². The van der Waals surface area contributed by atoms with Crippen LogP contribution in [0.1, 0.15) is 11.6 Å². The number of hydrogen-bond donors (Lipinski definition) is 0. The van der Waals surface area contributed by atoms with Crippen molar-refractivity contribution in [3.8, 4) is 10.6 Å². The van der Waals surface area contributed by atoms with E-state index >= 15 is 0 Å². The summed E-state index contributed by atoms with van der Waals surface area (Å²) in [6.07, 6.45) is 0. The molecule has 5 rings (SSSR count). The summed E-state index contributed by atoms with van der Waals surface area (Å²) in [5.41, 5.74) is 2.72. The summed E-state index contributed by atoms with van der Waals surface area (Å²) in [4.78, 5) is 5.25. The first-order valence-electron chi connectivity index (χ1n) is 8.18. The molecule has 0 saturated heterocycles. The Bertz CT molecular complexity index is 1300. The fourth-order valence-electron chi connectivity index (χ4n) is 3.04. The standard InChI is InChI=1S/C18H12ClFN6S/c1-10-21-14-4-2-3-5-15(14)25(10)9-16-22-23-18-26(16)24-17(27-18)11-6-7-13(20)12(19)8-11/h2-8H,9H2,1H3. The molecule has 0 saturated carbocycles. The van der Waals surface area contributed by atoms with Crippen molar-refractivity contribution in [3.05, 3.63) is 65.0 Å². The number of imidazole rings is 1. The largest absolute Gasteiger partial charge is 0.320 e. The molecule has 0 fully saturated rings. The minimum Gasteiger partial charge on any atom is -0.320 e. The van der Waals surface area contributed by atoms with E-state index in [1.165, 1.54) is 17.4 Å². The Hall–Kier alpha value is -2.84. The molecule has 2 aromatic carbocycles. The predicted octanol–water partition coefficient (Wildman–Crippen LogP) is 4.35. The molecule has 0 spiro atoms. The molecule has 3 heterocycles. The highest BCUT2D eigenvalue weighted by Crippen LogP contribution is 2.29. The van der Waals surface area contributed by atoms with Crippen LogP contribution in [0.15, 0.2) is 42.5 Å². The zero-order valence-corrected chi connectivity index (χ0v) is 15.7. The third-order valence-electron chi connectivity index (χ3n) is 4.37. The maximum absolute atomic E-state index is 13.4. The molecule has 0 aliphatic rings. The highest BCUT2D eigenvalue weighted by Gasteiger charge is 2.16. The van der Waals surface area contributed by atoms with Crippen LogP contribution in [0, 0.1) is 12.7 Å². The molecular weight excluding hydrogens is 387 g/mol. The SMILES string of the molecule is Cc1nc2ccccc2n1Cc1nnc2sc(-c3ccc(F)c(Cl)c3)nn12. The Kier molecular flexibility index (Phi) is 3.70. The van der Waals surface area contributed by atoms with Gasteiger partial charge in [-0.25, -0.2) is 9.37 Å². The highest BCUT2D eigenvalue weighted by atomic mass is 35.5. The van der Waals surface area contributed by atoms with Gasteiger partial charge in [0.15, 0.2) is 5.82 Å². The Morgan fingerprint density at radius 3 is 2.85 bits per heavy atom. The van der Waals surface area contributed by atoms with Crippen molar-refractivity contribution in [2.24, 2.45) is 0 Å². The van der Waals surface area contributed by atoms with Gasteiger partial charge >= 0.3 is 0 Å². The molecule has 0 N–H and O–H groups in total. The van der Waals surface area contributed by atoms with E-state index in [9.17, 15) is 4.39 Å². The van der Waals surface area contributed by atoms with Gasteiger partial charge in [-0.05, 0) is 37.3 Å². The minimum absolute atomic E-state index is 0.0687. The summed E-state index contributed by atoms with van der Waals surface area (Å²) in [7, 11) is 0. The summed E-state index contributed by atoms with van der Waals surface area (Å²) < 4.78 is 17.2. The van der Waals surface area contributed by atoms with Crippen LogP contribution in [0.5, 0.6) is 0 Å². The van der Waals surface area contributed by atoms with Crippen LogP contribution < -0.4 is 0 Å². The van der Waals surface area contributed by atoms with E-state index in [1.807, 2.05) is 31.2 Å². The van der Waals surface area contributed by atoms with E-state index in [-0.39, 0.29) is 5.02 Å². The van der Waals surface area contributed by atoms with Crippen molar-refractivity contribution in [1.82, 2.24) is 29.4 Å². The van der Waals surface area contributed by atoms with Gasteiger partial charge in [0, 0.05) is 5.56 Å². The van der Waals surface area contributed by atoms with E-state index in [1.54, 1.807) is 16.6 Å². The molecule has 0 bridgehead atoms. The quantitative estimate of drug-likeness (QED) is 0.453. The van der Waals surface area contributed by atoms with Crippen LogP contribution in [-0.2, 0) is 6.54 Å². The normalized spacial score (nSPS) is 11.7. The molecule has 0 atom stereocenters. The molecule has 5 aromatic rings. The molecule has 6 nitrogen and oxygen atoms in total. The smallest absolute Gasteiger partial charge is 0.235 e. The topological polar surface area (TPSA) is 60.9 Å². The van der Waals surface area contributed by atoms with Gasteiger partial charge < -0.3 is 4.57 Å². The number of benzene rings is 2. The fourth-order valence-corrected chi connectivity index (χ4v) is 4.07. The second-order valence-electron chi connectivity index (χ2n) is 6.08. The maximum Gasteiger partial charge on any atom is 0.235 e. The molecule has 0 aliphatic heterocycles. The molecule has 0 unspecified atom stereocenters. The average Bonchev–Trinajstić information content (AvgIpc) is 3.32. The molecule has 9 heteroatoms. The van der Waals surface area contributed by atoms with Gasteiger partial charge in [0.05, 0.1) is 22.6 Å². The lowest BCUT2D eigenvalue weighted by Crippen LogP contribution is -2.06. The van der Waals surface area contributed by atoms with E-state index in [2.05, 4.69) is 24.8 Å². The van der Waals surface area contributed by atoms with Crippen molar-refractivity contribution in [2.45, 2.75) is 13.5 Å². The minimum atomic E-state index is -0.452. The molecule has 3 aromatic heterocycles. The van der Waals surface area contributed by atoms with Crippen LogP contribution in [0.25, 0.3) is 26.6 Å². The molecule has 0 aliphatic carbocycles. The third-order valence-corrected chi connectivity index (χ3v) is 5.60. The van der Waals surface area contributed by atoms with Crippen molar-refractivity contribution < 1.29 is 4.39 Å². The molecule has 27 heavy (non-hydrogen) atoms. The fraction of sp³-hybridized carbons (Fsp3) is 0.111. The van der Waals surface area contributed by atoms with Crippen LogP contribution in [0.3, 0.4) is 0 Å². The van der Waals surface area contributed by atoms with Crippen LogP contribution in [-0.4, -0.2) is 29.4 Å². The van der Waals surface area contributed by atoms with E-state index in [4.69, 9.17) is 11.6 Å². The van der Waals surface area contributed by atoms with Crippen molar-refractivity contribution in [2.75, 3.05) is 0 Å². The van der Waals surface area contributed by atoms with E-state index in [0.717, 1.165) is 22.4 Å². The van der Waals surface area contributed by atoms with Crippen molar-refractivity contribution in [1.29, 1.82) is 0 Å². The number of rotatable bonds is 3. The number of nitrogens with zero attached hydrogens (tertiary/aromatic N) is 6. The number of halogens is 2. The number of fused-ring (bicyclic) bond motifs is 2. The van der Waals surface area contributed by atoms with E-state index < -0.39 is 5.82 Å². The monoisotopic (exact) mass is 398 g/mol. The van der Waals surface area contributed by atoms with Gasteiger partial charge in [0.1, 0.15) is 16.6 Å². The highest BCUT2D eigenvalue weighted by molar-refractivity contribution is 7.19. The van der Waals surface area contributed by atoms with Crippen molar-refractivity contribution in [3.63, 3.8) is 0 Å². The third kappa shape index (κ3) is 2.68. The van der Waals surface area contributed by atoms with Gasteiger partial charge in [-0.2, -0.15) is 9.61 Å². The Morgan fingerprint density at radius 1 is 1.15 bits per heavy atom. The first kappa shape index (κ1) is 16.3. The zero-order chi connectivity index (χ0) is 18.5. The summed E-state index contributed by atoms with van der Waals surface area (Å²) >= 11 is 7.27. The Balaban J connectivity index is 1.57. The lowest BCUT2D eigenvalue weighted by Gasteiger charge is -2.04. The molecule has 134 valence electrons. The van der Waals surface area contributed by atoms with Crippen LogP contribution in [0.2, 0.25) is 5.02 Å².